The number of amides is 4. The second kappa shape index (κ2) is 18.3. The molecule has 1 aliphatic carbocycles. The second-order valence-electron chi connectivity index (χ2n) is 11.5. The first-order valence-electron chi connectivity index (χ1n) is 15.6. The number of carbonyl (C=O) groups is 5. The normalized spacial score (nSPS) is 14.9. The lowest BCUT2D eigenvalue weighted by molar-refractivity contribution is -0.141. The van der Waals surface area contributed by atoms with E-state index >= 15 is 0 Å². The van der Waals surface area contributed by atoms with Crippen LogP contribution in [0.25, 0.3) is 0 Å². The van der Waals surface area contributed by atoms with Gasteiger partial charge in [0.25, 0.3) is 5.91 Å². The number of aryl methyl sites for hydroxylation is 2. The average Bonchev–Trinajstić information content (AvgIpc) is 3.86. The molecule has 0 saturated heterocycles. The summed E-state index contributed by atoms with van der Waals surface area (Å²) in [4.78, 5) is 65.3. The van der Waals surface area contributed by atoms with Crippen LogP contribution in [0.4, 0.5) is 0 Å². The van der Waals surface area contributed by atoms with Gasteiger partial charge in [-0.05, 0) is 63.0 Å². The van der Waals surface area contributed by atoms with E-state index in [1.54, 1.807) is 0 Å². The fourth-order valence-corrected chi connectivity index (χ4v) is 4.75. The summed E-state index contributed by atoms with van der Waals surface area (Å²) in [5.74, 6) is -3.83. The Hall–Kier alpha value is -4.78. The van der Waals surface area contributed by atoms with E-state index in [2.05, 4.69) is 26.6 Å². The molecule has 0 unspecified atom stereocenters. The maximum atomic E-state index is 13.5. The molecule has 3 rings (SSSR count). The monoisotopic (exact) mass is 635 g/mol. The number of aliphatic hydroxyl groups is 1. The molecule has 0 spiro atoms. The Morgan fingerprint density at radius 2 is 1.46 bits per heavy atom. The Kier molecular flexibility index (Phi) is 14.2. The number of aliphatic hydroxyl groups excluding tert-OH is 1. The fourth-order valence-electron chi connectivity index (χ4n) is 4.75. The van der Waals surface area contributed by atoms with Crippen LogP contribution < -0.4 is 32.3 Å². The van der Waals surface area contributed by atoms with Crippen LogP contribution in [0.5, 0.6) is 0 Å². The van der Waals surface area contributed by atoms with Gasteiger partial charge in [-0.25, -0.2) is 0 Å². The molecular weight excluding hydrogens is 590 g/mol. The van der Waals surface area contributed by atoms with Crippen LogP contribution in [0.1, 0.15) is 56.6 Å². The lowest BCUT2D eigenvalue weighted by Gasteiger charge is -2.26. The molecule has 1 saturated carbocycles. The zero-order chi connectivity index (χ0) is 33.5. The number of nitrogens with one attached hydrogen (secondary N) is 6. The van der Waals surface area contributed by atoms with E-state index in [1.165, 1.54) is 6.92 Å². The fraction of sp³-hybridized carbons (Fsp3) is 0.455. The highest BCUT2D eigenvalue weighted by molar-refractivity contribution is 6.38. The highest BCUT2D eigenvalue weighted by Crippen LogP contribution is 2.18. The van der Waals surface area contributed by atoms with Gasteiger partial charge in [0.05, 0.1) is 12.1 Å². The molecule has 1 aliphatic rings. The first-order chi connectivity index (χ1) is 22.0. The third-order valence-electron chi connectivity index (χ3n) is 7.52. The van der Waals surface area contributed by atoms with Gasteiger partial charge in [0.1, 0.15) is 12.1 Å². The summed E-state index contributed by atoms with van der Waals surface area (Å²) in [6.45, 7) is 1.54. The molecule has 4 atom stereocenters. The van der Waals surface area contributed by atoms with Gasteiger partial charge in [0.15, 0.2) is 5.96 Å². The zero-order valence-electron chi connectivity index (χ0n) is 26.1. The Morgan fingerprint density at radius 3 is 2.02 bits per heavy atom. The van der Waals surface area contributed by atoms with Crippen LogP contribution >= 0.6 is 0 Å². The predicted molar refractivity (Wildman–Crippen MR) is 172 cm³/mol. The van der Waals surface area contributed by atoms with Crippen LogP contribution in [0.15, 0.2) is 60.7 Å². The van der Waals surface area contributed by atoms with Crippen LogP contribution in [-0.2, 0) is 36.8 Å². The third kappa shape index (κ3) is 12.7. The van der Waals surface area contributed by atoms with Crippen molar-refractivity contribution in [2.24, 2.45) is 5.73 Å². The molecule has 0 heterocycles. The quantitative estimate of drug-likeness (QED) is 0.0461. The van der Waals surface area contributed by atoms with Crippen molar-refractivity contribution in [2.45, 2.75) is 88.6 Å². The number of Topliss-reactive ketones (excluding diaryl/α,β-unsaturated/α-hetero) is 1. The lowest BCUT2D eigenvalue weighted by atomic mass is 10.0. The van der Waals surface area contributed by atoms with Crippen molar-refractivity contribution in [1.29, 1.82) is 5.41 Å². The van der Waals surface area contributed by atoms with Gasteiger partial charge < -0.3 is 37.4 Å². The summed E-state index contributed by atoms with van der Waals surface area (Å²) >= 11 is 0. The van der Waals surface area contributed by atoms with Crippen molar-refractivity contribution in [1.82, 2.24) is 26.6 Å². The molecule has 46 heavy (non-hydrogen) atoms. The van der Waals surface area contributed by atoms with Gasteiger partial charge >= 0.3 is 0 Å². The lowest BCUT2D eigenvalue weighted by Crippen LogP contribution is -2.59. The van der Waals surface area contributed by atoms with Gasteiger partial charge in [0.2, 0.25) is 23.5 Å². The maximum absolute atomic E-state index is 13.5. The van der Waals surface area contributed by atoms with Crippen molar-refractivity contribution in [2.75, 3.05) is 6.54 Å². The smallest absolute Gasteiger partial charge is 0.289 e. The van der Waals surface area contributed by atoms with Crippen molar-refractivity contribution >= 4 is 35.4 Å². The van der Waals surface area contributed by atoms with Gasteiger partial charge in [0, 0.05) is 19.0 Å². The molecular formula is C33H45N7O6. The van der Waals surface area contributed by atoms with Gasteiger partial charge in [-0.15, -0.1) is 0 Å². The van der Waals surface area contributed by atoms with Crippen LogP contribution in [0.2, 0.25) is 0 Å². The minimum absolute atomic E-state index is 0.0423. The molecule has 0 radical (unpaired) electrons. The molecule has 13 heteroatoms. The van der Waals surface area contributed by atoms with Crippen molar-refractivity contribution in [3.8, 4) is 0 Å². The molecule has 13 nitrogen and oxygen atoms in total. The Balaban J connectivity index is 1.69. The molecule has 0 aliphatic heterocycles. The van der Waals surface area contributed by atoms with Crippen LogP contribution in [0.3, 0.4) is 0 Å². The molecule has 4 amide bonds. The summed E-state index contributed by atoms with van der Waals surface area (Å²) in [5, 5.41) is 30.8. The molecule has 2 aromatic carbocycles. The molecule has 1 fully saturated rings. The predicted octanol–water partition coefficient (Wildman–Crippen LogP) is 0.198. The molecule has 0 bridgehead atoms. The number of rotatable bonds is 19. The zero-order valence-corrected chi connectivity index (χ0v) is 26.1. The van der Waals surface area contributed by atoms with Gasteiger partial charge in [-0.3, -0.25) is 29.4 Å². The molecule has 248 valence electrons. The van der Waals surface area contributed by atoms with Crippen molar-refractivity contribution in [3.63, 3.8) is 0 Å². The minimum Gasteiger partial charge on any atom is -0.391 e. The number of benzene rings is 2. The summed E-state index contributed by atoms with van der Waals surface area (Å²) in [6.07, 6.45) is 1.80. The minimum atomic E-state index is -1.48. The number of hydrogen-bond donors (Lipinski definition) is 8. The largest absolute Gasteiger partial charge is 0.391 e. The first-order valence-corrected chi connectivity index (χ1v) is 15.6. The average molecular weight is 636 g/mol. The Morgan fingerprint density at radius 1 is 0.848 bits per heavy atom. The Labute approximate surface area is 269 Å². The van der Waals surface area contributed by atoms with E-state index in [-0.39, 0.29) is 50.1 Å². The number of hydrogen-bond acceptors (Lipinski definition) is 7. The van der Waals surface area contributed by atoms with E-state index in [9.17, 15) is 29.1 Å². The Bertz CT molecular complexity index is 1330. The summed E-state index contributed by atoms with van der Waals surface area (Å²) in [6, 6.07) is 15.1. The highest BCUT2D eigenvalue weighted by atomic mass is 16.3. The number of nitrogens with two attached hydrogens (primary N) is 1. The summed E-state index contributed by atoms with van der Waals surface area (Å²) in [5.41, 5.74) is 7.23. The SMILES string of the molecule is C[C@@H](O)[C@H](NC(=O)[C@H](CCc1ccccc1)NC(=O)CCc1ccccc1)C(=O)N[C@@H](CCCNC(=N)N)C(=O)C(=O)NC1CC1. The third-order valence-corrected chi connectivity index (χ3v) is 7.52. The molecule has 9 N–H and O–H groups in total. The van der Waals surface area contributed by atoms with E-state index in [0.29, 0.717) is 12.8 Å². The number of guanidine groups is 1. The first kappa shape index (κ1) is 35.7. The van der Waals surface area contributed by atoms with Crippen molar-refractivity contribution in [3.05, 3.63) is 71.8 Å². The van der Waals surface area contributed by atoms with Gasteiger partial charge in [-0.1, -0.05) is 60.7 Å². The van der Waals surface area contributed by atoms with Crippen LogP contribution in [0, 0.1) is 5.41 Å². The molecule has 0 aromatic heterocycles. The maximum Gasteiger partial charge on any atom is 0.289 e. The number of carbonyl (C=O) groups excluding carboxylic acids is 5. The van der Waals surface area contributed by atoms with Gasteiger partial charge in [-0.2, -0.15) is 0 Å². The van der Waals surface area contributed by atoms with Crippen molar-refractivity contribution < 1.29 is 29.1 Å². The molecule has 2 aromatic rings. The topological polar surface area (TPSA) is 216 Å². The standard InChI is InChI=1S/C33H45N7O6/c1-21(41)28(31(45)39-25(13-8-20-36-33(34)35)29(43)32(46)37-24-16-17-24)40-30(44)26(18-14-22-9-4-2-5-10-22)38-27(42)19-15-23-11-6-3-7-12-23/h2-7,9-12,21,24-26,28,41H,8,13-20H2,1H3,(H,37,46)(H,38,42)(H,39,45)(H,40,44)(H4,34,35,36)/t21-,25+,26+,28+/m1/s1. The highest BCUT2D eigenvalue weighted by Gasteiger charge is 2.35. The second-order valence-corrected chi connectivity index (χ2v) is 11.5. The number of ketones is 1. The summed E-state index contributed by atoms with van der Waals surface area (Å²) in [7, 11) is 0. The van der Waals surface area contributed by atoms with E-state index in [0.717, 1.165) is 24.0 Å². The van der Waals surface area contributed by atoms with E-state index < -0.39 is 47.7 Å². The summed E-state index contributed by atoms with van der Waals surface area (Å²) < 4.78 is 0. The van der Waals surface area contributed by atoms with Crippen LogP contribution in [-0.4, -0.2) is 77.3 Å². The van der Waals surface area contributed by atoms with E-state index in [4.69, 9.17) is 11.1 Å². The van der Waals surface area contributed by atoms with E-state index in [1.807, 2.05) is 60.7 Å².